The number of piperidine rings is 2. The van der Waals surface area contributed by atoms with E-state index in [1.165, 1.54) is 11.4 Å². The summed E-state index contributed by atoms with van der Waals surface area (Å²) in [4.78, 5) is 0. The Morgan fingerprint density at radius 3 is 1.00 bits per heavy atom. The molecule has 2 heterocycles. The minimum Gasteiger partial charge on any atom is -0.337 e. The summed E-state index contributed by atoms with van der Waals surface area (Å²) in [6.45, 7) is 18.4. The SMILES string of the molecule is CC1(C)CC(=NN=C2CC(C)(C)[NH2+]C(C)(C)C2)CC(C)(C)[NH2+]1. The van der Waals surface area contributed by atoms with Gasteiger partial charge in [0.2, 0.25) is 0 Å². The summed E-state index contributed by atoms with van der Waals surface area (Å²) in [5.74, 6) is 0. The van der Waals surface area contributed by atoms with E-state index in [9.17, 15) is 0 Å². The topological polar surface area (TPSA) is 57.9 Å². The van der Waals surface area contributed by atoms with E-state index in [4.69, 9.17) is 10.2 Å². The molecular weight excluding hydrogens is 272 g/mol. The predicted octanol–water partition coefficient (Wildman–Crippen LogP) is 1.61. The van der Waals surface area contributed by atoms with Gasteiger partial charge in [-0.3, -0.25) is 0 Å². The lowest BCUT2D eigenvalue weighted by molar-refractivity contribution is -0.780. The van der Waals surface area contributed by atoms with Crippen molar-refractivity contribution < 1.29 is 10.6 Å². The number of hydrogen-bond donors (Lipinski definition) is 2. The first-order valence-corrected chi connectivity index (χ1v) is 8.63. The van der Waals surface area contributed by atoms with Crippen molar-refractivity contribution in [1.29, 1.82) is 0 Å². The fraction of sp³-hybridized carbons (Fsp3) is 0.889. The minimum absolute atomic E-state index is 0.222. The summed E-state index contributed by atoms with van der Waals surface area (Å²) in [7, 11) is 0. The monoisotopic (exact) mass is 308 g/mol. The molecule has 4 N–H and O–H groups in total. The van der Waals surface area contributed by atoms with E-state index in [-0.39, 0.29) is 22.2 Å². The highest BCUT2D eigenvalue weighted by Gasteiger charge is 2.41. The third-order valence-electron chi connectivity index (χ3n) is 4.53. The number of nitrogens with two attached hydrogens (primary N) is 2. The summed E-state index contributed by atoms with van der Waals surface area (Å²) in [5.41, 5.74) is 3.41. The highest BCUT2D eigenvalue weighted by atomic mass is 15.2. The molecule has 0 aromatic rings. The molecule has 2 rings (SSSR count). The number of quaternary nitrogens is 2. The lowest BCUT2D eigenvalue weighted by Gasteiger charge is -2.40. The van der Waals surface area contributed by atoms with Crippen LogP contribution in [0.1, 0.15) is 81.1 Å². The van der Waals surface area contributed by atoms with Crippen molar-refractivity contribution in [2.24, 2.45) is 10.2 Å². The molecule has 0 aromatic carbocycles. The maximum Gasteiger partial charge on any atom is 0.0962 e. The molecule has 0 spiro atoms. The summed E-state index contributed by atoms with van der Waals surface area (Å²) >= 11 is 0. The molecule has 0 unspecified atom stereocenters. The molecule has 2 aliphatic rings. The quantitative estimate of drug-likeness (QED) is 0.692. The first-order valence-electron chi connectivity index (χ1n) is 8.63. The first-order chi connectivity index (χ1) is 9.78. The van der Waals surface area contributed by atoms with Gasteiger partial charge in [0.05, 0.1) is 33.6 Å². The van der Waals surface area contributed by atoms with Gasteiger partial charge in [-0.1, -0.05) is 0 Å². The van der Waals surface area contributed by atoms with Crippen molar-refractivity contribution in [2.75, 3.05) is 0 Å². The van der Waals surface area contributed by atoms with Crippen LogP contribution < -0.4 is 10.6 Å². The Morgan fingerprint density at radius 1 is 0.545 bits per heavy atom. The maximum absolute atomic E-state index is 4.70. The fourth-order valence-corrected chi connectivity index (χ4v) is 4.83. The van der Waals surface area contributed by atoms with Crippen molar-refractivity contribution >= 4 is 11.4 Å². The first kappa shape index (κ1) is 17.6. The van der Waals surface area contributed by atoms with Crippen LogP contribution in [-0.2, 0) is 0 Å². The summed E-state index contributed by atoms with van der Waals surface area (Å²) in [5, 5.41) is 14.4. The smallest absolute Gasteiger partial charge is 0.0962 e. The predicted molar refractivity (Wildman–Crippen MR) is 93.5 cm³/mol. The molecular formula is C18H36N4+2. The van der Waals surface area contributed by atoms with E-state index in [1.54, 1.807) is 0 Å². The number of hydrogen-bond acceptors (Lipinski definition) is 2. The van der Waals surface area contributed by atoms with Gasteiger partial charge >= 0.3 is 0 Å². The summed E-state index contributed by atoms with van der Waals surface area (Å²) in [6, 6.07) is 0. The molecule has 0 radical (unpaired) electrons. The average molecular weight is 309 g/mol. The van der Waals surface area contributed by atoms with Crippen LogP contribution in [0.5, 0.6) is 0 Å². The highest BCUT2D eigenvalue weighted by Crippen LogP contribution is 2.22. The molecule has 0 saturated carbocycles. The average Bonchev–Trinajstić information content (AvgIpc) is 2.17. The van der Waals surface area contributed by atoms with Gasteiger partial charge in [-0.25, -0.2) is 0 Å². The molecule has 126 valence electrons. The van der Waals surface area contributed by atoms with Crippen LogP contribution in [0.25, 0.3) is 0 Å². The summed E-state index contributed by atoms with van der Waals surface area (Å²) in [6.07, 6.45) is 4.14. The normalized spacial score (nSPS) is 29.1. The van der Waals surface area contributed by atoms with Crippen molar-refractivity contribution in [3.05, 3.63) is 0 Å². The molecule has 0 aliphatic carbocycles. The van der Waals surface area contributed by atoms with E-state index >= 15 is 0 Å². The van der Waals surface area contributed by atoms with E-state index in [2.05, 4.69) is 66.0 Å². The Balaban J connectivity index is 2.18. The van der Waals surface area contributed by atoms with Crippen LogP contribution in [-0.4, -0.2) is 33.6 Å². The fourth-order valence-electron chi connectivity index (χ4n) is 4.83. The van der Waals surface area contributed by atoms with Gasteiger partial charge in [-0.15, -0.1) is 0 Å². The zero-order valence-corrected chi connectivity index (χ0v) is 15.9. The largest absolute Gasteiger partial charge is 0.337 e. The Labute approximate surface area is 136 Å². The van der Waals surface area contributed by atoms with E-state index in [1.807, 2.05) is 0 Å². The molecule has 4 heteroatoms. The van der Waals surface area contributed by atoms with Crippen LogP contribution in [0, 0.1) is 0 Å². The standard InChI is InChI=1S/C18H34N4/c1-15(2)9-13(10-16(3,4)21-15)19-20-14-11-17(5,6)22-18(7,8)12-14/h21-22H,9-12H2,1-8H3/p+2. The zero-order valence-electron chi connectivity index (χ0n) is 15.9. The Kier molecular flexibility index (Phi) is 4.33. The Hall–Kier alpha value is -0.740. The molecule has 4 nitrogen and oxygen atoms in total. The van der Waals surface area contributed by atoms with Crippen LogP contribution >= 0.6 is 0 Å². The van der Waals surface area contributed by atoms with Crippen molar-refractivity contribution in [3.8, 4) is 0 Å². The van der Waals surface area contributed by atoms with Gasteiger partial charge in [0.15, 0.2) is 0 Å². The second-order valence-electron chi connectivity index (χ2n) is 10.3. The van der Waals surface area contributed by atoms with Crippen LogP contribution in [0.3, 0.4) is 0 Å². The van der Waals surface area contributed by atoms with Crippen LogP contribution in [0.4, 0.5) is 0 Å². The molecule has 0 amide bonds. The van der Waals surface area contributed by atoms with E-state index < -0.39 is 0 Å². The maximum atomic E-state index is 4.70. The van der Waals surface area contributed by atoms with Crippen LogP contribution in [0.15, 0.2) is 10.2 Å². The van der Waals surface area contributed by atoms with Crippen molar-refractivity contribution in [1.82, 2.24) is 0 Å². The van der Waals surface area contributed by atoms with Gasteiger partial charge in [0, 0.05) is 25.7 Å². The third-order valence-corrected chi connectivity index (χ3v) is 4.53. The van der Waals surface area contributed by atoms with E-state index in [0.29, 0.717) is 0 Å². The zero-order chi connectivity index (χ0) is 16.8. The van der Waals surface area contributed by atoms with Gasteiger partial charge in [-0.2, -0.15) is 10.2 Å². The molecule has 0 bridgehead atoms. The van der Waals surface area contributed by atoms with Crippen LogP contribution in [0.2, 0.25) is 0 Å². The lowest BCUT2D eigenvalue weighted by atomic mass is 9.81. The molecule has 0 atom stereocenters. The lowest BCUT2D eigenvalue weighted by Crippen LogP contribution is -3.05. The van der Waals surface area contributed by atoms with Crippen molar-refractivity contribution in [2.45, 2.75) is 103 Å². The molecule has 22 heavy (non-hydrogen) atoms. The van der Waals surface area contributed by atoms with Gasteiger partial charge in [0.1, 0.15) is 0 Å². The number of nitrogens with zero attached hydrogens (tertiary/aromatic N) is 2. The molecule has 2 saturated heterocycles. The second-order valence-corrected chi connectivity index (χ2v) is 10.3. The minimum atomic E-state index is 0.222. The van der Waals surface area contributed by atoms with Gasteiger partial charge in [0.25, 0.3) is 0 Å². The van der Waals surface area contributed by atoms with E-state index in [0.717, 1.165) is 25.7 Å². The Bertz CT molecular complexity index is 413. The second kappa shape index (κ2) is 5.41. The molecule has 2 aliphatic heterocycles. The van der Waals surface area contributed by atoms with Crippen molar-refractivity contribution in [3.63, 3.8) is 0 Å². The third kappa shape index (κ3) is 4.88. The highest BCUT2D eigenvalue weighted by molar-refractivity contribution is 5.90. The Morgan fingerprint density at radius 2 is 0.773 bits per heavy atom. The summed E-state index contributed by atoms with van der Waals surface area (Å²) < 4.78 is 0. The molecule has 2 fully saturated rings. The van der Waals surface area contributed by atoms with Gasteiger partial charge < -0.3 is 10.6 Å². The molecule has 0 aromatic heterocycles. The number of rotatable bonds is 1. The van der Waals surface area contributed by atoms with Gasteiger partial charge in [-0.05, 0) is 55.4 Å².